The first-order valence-electron chi connectivity index (χ1n) is 11.0. The molecule has 1 aromatic heterocycles. The number of benzene rings is 3. The van der Waals surface area contributed by atoms with Gasteiger partial charge in [-0.25, -0.2) is 0 Å². The molecule has 0 radical (unpaired) electrons. The van der Waals surface area contributed by atoms with Gasteiger partial charge in [-0.2, -0.15) is 0 Å². The predicted octanol–water partition coefficient (Wildman–Crippen LogP) is 6.58. The summed E-state index contributed by atoms with van der Waals surface area (Å²) in [6.07, 6.45) is 3.36. The zero-order valence-electron chi connectivity index (χ0n) is 17.9. The van der Waals surface area contributed by atoms with Crippen molar-refractivity contribution in [1.29, 1.82) is 0 Å². The van der Waals surface area contributed by atoms with Crippen LogP contribution in [0.4, 0.5) is 0 Å². The van der Waals surface area contributed by atoms with Gasteiger partial charge in [-0.1, -0.05) is 54.6 Å². The van der Waals surface area contributed by atoms with Crippen LogP contribution in [0.2, 0.25) is 0 Å². The van der Waals surface area contributed by atoms with E-state index in [9.17, 15) is 0 Å². The molecule has 1 aliphatic rings. The summed E-state index contributed by atoms with van der Waals surface area (Å²) in [4.78, 5) is 2.61. The molecule has 1 atom stereocenters. The van der Waals surface area contributed by atoms with E-state index in [2.05, 4.69) is 77.2 Å². The topological polar surface area (TPSA) is 17.4 Å². The number of hydrogen-bond acceptors (Lipinski definition) is 2. The second kappa shape index (κ2) is 8.83. The fraction of sp³-hybridized carbons (Fsp3) is 0.214. The summed E-state index contributed by atoms with van der Waals surface area (Å²) in [6.45, 7) is 5.24. The Labute approximate surface area is 184 Å². The van der Waals surface area contributed by atoms with Crippen LogP contribution in [0.1, 0.15) is 34.8 Å². The lowest BCUT2D eigenvalue weighted by Gasteiger charge is -2.31. The number of aromatic nitrogens is 1. The average molecular weight is 409 g/mol. The molecule has 0 aliphatic carbocycles. The quantitative estimate of drug-likeness (QED) is 0.371. The Hall–Kier alpha value is -3.30. The van der Waals surface area contributed by atoms with Crippen LogP contribution in [0, 0.1) is 6.92 Å². The monoisotopic (exact) mass is 408 g/mol. The van der Waals surface area contributed by atoms with Crippen molar-refractivity contribution < 1.29 is 4.74 Å². The largest absolute Gasteiger partial charge is 0.457 e. The molecule has 0 saturated carbocycles. The van der Waals surface area contributed by atoms with Gasteiger partial charge < -0.3 is 9.30 Å². The highest BCUT2D eigenvalue weighted by Gasteiger charge is 2.28. The Balaban J connectivity index is 1.46. The van der Waals surface area contributed by atoms with Crippen LogP contribution >= 0.6 is 0 Å². The molecule has 0 amide bonds. The molecule has 3 nitrogen and oxygen atoms in total. The summed E-state index contributed by atoms with van der Waals surface area (Å²) in [5.41, 5.74) is 5.38. The van der Waals surface area contributed by atoms with Crippen molar-refractivity contribution in [3.63, 3.8) is 0 Å². The van der Waals surface area contributed by atoms with E-state index in [1.165, 1.54) is 22.4 Å². The molecule has 5 rings (SSSR count). The molecule has 1 unspecified atom stereocenters. The van der Waals surface area contributed by atoms with Crippen LogP contribution in [0.25, 0.3) is 0 Å². The molecular formula is C28H28N2O. The van der Waals surface area contributed by atoms with Gasteiger partial charge >= 0.3 is 0 Å². The zero-order valence-corrected chi connectivity index (χ0v) is 17.9. The van der Waals surface area contributed by atoms with Crippen LogP contribution in [0.15, 0.2) is 97.2 Å². The van der Waals surface area contributed by atoms with Gasteiger partial charge in [0.1, 0.15) is 11.5 Å². The average Bonchev–Trinajstić information content (AvgIpc) is 3.17. The van der Waals surface area contributed by atoms with Crippen molar-refractivity contribution in [1.82, 2.24) is 9.47 Å². The number of aryl methyl sites for hydroxylation is 2. The van der Waals surface area contributed by atoms with Gasteiger partial charge in [0.05, 0.1) is 6.04 Å². The van der Waals surface area contributed by atoms with Crippen LogP contribution in [-0.2, 0) is 13.1 Å². The van der Waals surface area contributed by atoms with E-state index in [4.69, 9.17) is 4.74 Å². The number of fused-ring (bicyclic) bond motifs is 1. The van der Waals surface area contributed by atoms with Gasteiger partial charge in [-0.05, 0) is 66.4 Å². The fourth-order valence-electron chi connectivity index (χ4n) is 4.63. The first-order chi connectivity index (χ1) is 15.3. The zero-order chi connectivity index (χ0) is 21.0. The van der Waals surface area contributed by atoms with Gasteiger partial charge in [-0.15, -0.1) is 0 Å². The molecule has 1 aliphatic heterocycles. The molecular weight excluding hydrogens is 380 g/mol. The van der Waals surface area contributed by atoms with E-state index in [1.807, 2.05) is 36.4 Å². The van der Waals surface area contributed by atoms with Crippen LogP contribution < -0.4 is 4.74 Å². The molecule has 0 N–H and O–H groups in total. The van der Waals surface area contributed by atoms with Crippen molar-refractivity contribution in [3.8, 4) is 11.5 Å². The third-order valence-corrected chi connectivity index (χ3v) is 6.10. The minimum Gasteiger partial charge on any atom is -0.457 e. The maximum Gasteiger partial charge on any atom is 0.127 e. The summed E-state index contributed by atoms with van der Waals surface area (Å²) in [6, 6.07) is 32.0. The Morgan fingerprint density at radius 2 is 1.61 bits per heavy atom. The third kappa shape index (κ3) is 4.28. The second-order valence-electron chi connectivity index (χ2n) is 8.27. The fourth-order valence-corrected chi connectivity index (χ4v) is 4.63. The Morgan fingerprint density at radius 3 is 2.48 bits per heavy atom. The minimum atomic E-state index is 0.248. The maximum atomic E-state index is 6.08. The third-order valence-electron chi connectivity index (χ3n) is 6.10. The summed E-state index contributed by atoms with van der Waals surface area (Å²) in [5, 5.41) is 0. The molecule has 0 saturated heterocycles. The molecule has 31 heavy (non-hydrogen) atoms. The smallest absolute Gasteiger partial charge is 0.127 e. The summed E-state index contributed by atoms with van der Waals surface area (Å²) < 4.78 is 8.51. The number of para-hydroxylation sites is 1. The molecule has 0 spiro atoms. The first kappa shape index (κ1) is 19.7. The summed E-state index contributed by atoms with van der Waals surface area (Å²) in [5.74, 6) is 1.75. The van der Waals surface area contributed by atoms with Gasteiger partial charge in [0.15, 0.2) is 0 Å². The number of ether oxygens (including phenoxy) is 1. The summed E-state index contributed by atoms with van der Waals surface area (Å²) in [7, 11) is 0. The van der Waals surface area contributed by atoms with E-state index < -0.39 is 0 Å². The molecule has 3 heteroatoms. The van der Waals surface area contributed by atoms with Crippen molar-refractivity contribution in [2.45, 2.75) is 32.5 Å². The van der Waals surface area contributed by atoms with Crippen LogP contribution in [-0.4, -0.2) is 16.0 Å². The van der Waals surface area contributed by atoms with Crippen LogP contribution in [0.5, 0.6) is 11.5 Å². The molecule has 2 heterocycles. The van der Waals surface area contributed by atoms with Gasteiger partial charge in [0.2, 0.25) is 0 Å². The number of rotatable bonds is 5. The molecule has 4 aromatic rings. The van der Waals surface area contributed by atoms with E-state index in [0.717, 1.165) is 37.6 Å². The van der Waals surface area contributed by atoms with Gasteiger partial charge in [-0.3, -0.25) is 4.90 Å². The summed E-state index contributed by atoms with van der Waals surface area (Å²) >= 11 is 0. The maximum absolute atomic E-state index is 6.08. The molecule has 156 valence electrons. The van der Waals surface area contributed by atoms with Gasteiger partial charge in [0, 0.05) is 31.5 Å². The van der Waals surface area contributed by atoms with E-state index in [0.29, 0.717) is 0 Å². The van der Waals surface area contributed by atoms with Crippen LogP contribution in [0.3, 0.4) is 0 Å². The standard InChI is InChI=1S/C28H28N2O/c1-22-10-5-6-15-26(22)28-27-16-8-17-29(27)18-9-19-30(28)21-23-11-7-14-25(20-23)31-24-12-3-2-4-13-24/h2-8,10-17,20,28H,9,18-19,21H2,1H3. The lowest BCUT2D eigenvalue weighted by atomic mass is 9.96. The van der Waals surface area contributed by atoms with Crippen molar-refractivity contribution in [3.05, 3.63) is 120 Å². The Morgan fingerprint density at radius 1 is 0.806 bits per heavy atom. The Bertz CT molecular complexity index is 1150. The lowest BCUT2D eigenvalue weighted by molar-refractivity contribution is 0.219. The van der Waals surface area contributed by atoms with E-state index in [1.54, 1.807) is 0 Å². The molecule has 3 aromatic carbocycles. The SMILES string of the molecule is Cc1ccccc1C1c2cccn2CCCN1Cc1cccc(Oc2ccccc2)c1. The van der Waals surface area contributed by atoms with Crippen molar-refractivity contribution in [2.75, 3.05) is 6.54 Å². The van der Waals surface area contributed by atoms with Crippen molar-refractivity contribution >= 4 is 0 Å². The number of hydrogen-bond donors (Lipinski definition) is 0. The van der Waals surface area contributed by atoms with Gasteiger partial charge in [0.25, 0.3) is 0 Å². The van der Waals surface area contributed by atoms with Crippen molar-refractivity contribution in [2.24, 2.45) is 0 Å². The minimum absolute atomic E-state index is 0.248. The second-order valence-corrected chi connectivity index (χ2v) is 8.27. The molecule has 0 fully saturated rings. The highest BCUT2D eigenvalue weighted by molar-refractivity contribution is 5.37. The van der Waals surface area contributed by atoms with E-state index >= 15 is 0 Å². The highest BCUT2D eigenvalue weighted by atomic mass is 16.5. The predicted molar refractivity (Wildman–Crippen MR) is 125 cm³/mol. The number of nitrogens with zero attached hydrogens (tertiary/aromatic N) is 2. The first-order valence-corrected chi connectivity index (χ1v) is 11.0. The molecule has 0 bridgehead atoms. The Kier molecular flexibility index (Phi) is 5.59. The normalized spacial score (nSPS) is 16.5. The highest BCUT2D eigenvalue weighted by Crippen LogP contribution is 2.35. The lowest BCUT2D eigenvalue weighted by Crippen LogP contribution is -2.30. The van der Waals surface area contributed by atoms with E-state index in [-0.39, 0.29) is 6.04 Å².